The molecule has 0 aromatic rings. The number of rotatable bonds is 20. The highest BCUT2D eigenvalue weighted by molar-refractivity contribution is 5.76. The van der Waals surface area contributed by atoms with Crippen molar-refractivity contribution >= 4 is 5.91 Å². The molecule has 0 atom stereocenters. The van der Waals surface area contributed by atoms with Gasteiger partial charge in [-0.15, -0.1) is 0 Å². The molecular weight excluding hydrogens is 446 g/mol. The molecule has 2 aliphatic heterocycles. The molecule has 0 bridgehead atoms. The van der Waals surface area contributed by atoms with Crippen molar-refractivity contribution in [2.24, 2.45) is 0 Å². The third-order valence-electron chi connectivity index (χ3n) is 7.49. The number of nitrogens with one attached hydrogen (secondary N) is 2. The third-order valence-corrected chi connectivity index (χ3v) is 7.49. The molecule has 2 heterocycles. The van der Waals surface area contributed by atoms with E-state index in [2.05, 4.69) is 56.6 Å². The van der Waals surface area contributed by atoms with Crippen LogP contribution in [0.5, 0.6) is 0 Å². The van der Waals surface area contributed by atoms with E-state index in [0.717, 1.165) is 84.7 Å². The zero-order valence-electron chi connectivity index (χ0n) is 23.5. The maximum Gasteiger partial charge on any atom is 0.222 e. The Balaban J connectivity index is 1.35. The smallest absolute Gasteiger partial charge is 0.222 e. The minimum absolute atomic E-state index is 0.370. The van der Waals surface area contributed by atoms with E-state index < -0.39 is 0 Å². The summed E-state index contributed by atoms with van der Waals surface area (Å²) < 4.78 is 0. The zero-order chi connectivity index (χ0) is 25.5. The highest BCUT2D eigenvalue weighted by atomic mass is 16.2. The molecule has 0 aliphatic carbocycles. The number of allylic oxidation sites excluding steroid dienone is 4. The van der Waals surface area contributed by atoms with Gasteiger partial charge in [0.15, 0.2) is 0 Å². The van der Waals surface area contributed by atoms with Crippen molar-refractivity contribution in [1.29, 1.82) is 0 Å². The number of carbonyl (C=O) groups excluding carboxylic acids is 1. The number of carbonyl (C=O) groups is 1. The Kier molecular flexibility index (Phi) is 18.8. The summed E-state index contributed by atoms with van der Waals surface area (Å²) in [6, 6.07) is 0. The van der Waals surface area contributed by atoms with Gasteiger partial charge >= 0.3 is 0 Å². The first-order chi connectivity index (χ1) is 17.8. The largest absolute Gasteiger partial charge is 0.340 e. The van der Waals surface area contributed by atoms with Gasteiger partial charge in [-0.2, -0.15) is 0 Å². The first-order valence-electron chi connectivity index (χ1n) is 15.2. The van der Waals surface area contributed by atoms with Crippen molar-refractivity contribution < 1.29 is 4.79 Å². The van der Waals surface area contributed by atoms with Crippen molar-refractivity contribution in [3.63, 3.8) is 0 Å². The lowest BCUT2D eigenvalue weighted by Crippen LogP contribution is -2.50. The zero-order valence-corrected chi connectivity index (χ0v) is 23.5. The summed E-state index contributed by atoms with van der Waals surface area (Å²) in [6.45, 7) is 15.1. The van der Waals surface area contributed by atoms with Crippen molar-refractivity contribution in [2.45, 2.75) is 84.0 Å². The van der Waals surface area contributed by atoms with Gasteiger partial charge < -0.3 is 15.5 Å². The summed E-state index contributed by atoms with van der Waals surface area (Å²) in [4.78, 5) is 19.7. The van der Waals surface area contributed by atoms with Gasteiger partial charge in [-0.05, 0) is 38.5 Å². The molecule has 2 rings (SSSR count). The molecule has 2 N–H and O–H groups in total. The molecule has 0 saturated carbocycles. The van der Waals surface area contributed by atoms with E-state index in [1.807, 2.05) is 0 Å². The molecule has 0 radical (unpaired) electrons. The van der Waals surface area contributed by atoms with Crippen LogP contribution < -0.4 is 10.6 Å². The summed E-state index contributed by atoms with van der Waals surface area (Å²) >= 11 is 0. The average molecular weight is 504 g/mol. The number of unbranched alkanes of at least 4 members (excludes halogenated alkanes) is 8. The van der Waals surface area contributed by atoms with Crippen molar-refractivity contribution in [3.8, 4) is 0 Å². The van der Waals surface area contributed by atoms with Gasteiger partial charge in [0.25, 0.3) is 0 Å². The maximum atomic E-state index is 12.6. The first kappa shape index (κ1) is 31.0. The highest BCUT2D eigenvalue weighted by Crippen LogP contribution is 2.11. The Morgan fingerprint density at radius 3 is 1.97 bits per heavy atom. The third kappa shape index (κ3) is 15.8. The highest BCUT2D eigenvalue weighted by Gasteiger charge is 2.20. The Morgan fingerprint density at radius 1 is 0.722 bits per heavy atom. The van der Waals surface area contributed by atoms with Crippen LogP contribution in [-0.2, 0) is 4.79 Å². The maximum absolute atomic E-state index is 12.6. The fourth-order valence-electron chi connectivity index (χ4n) is 5.00. The molecular formula is C30H57N5O. The van der Waals surface area contributed by atoms with Crippen molar-refractivity contribution in [3.05, 3.63) is 24.3 Å². The Labute approximate surface area is 222 Å². The van der Waals surface area contributed by atoms with Crippen LogP contribution in [0.1, 0.15) is 84.0 Å². The number of amides is 1. The van der Waals surface area contributed by atoms with Crippen LogP contribution in [0.25, 0.3) is 0 Å². The number of nitrogens with zero attached hydrogens (tertiary/aromatic N) is 3. The van der Waals surface area contributed by atoms with E-state index in [1.54, 1.807) is 0 Å². The predicted molar refractivity (Wildman–Crippen MR) is 155 cm³/mol. The molecule has 0 unspecified atom stereocenters. The van der Waals surface area contributed by atoms with E-state index in [0.29, 0.717) is 5.91 Å². The summed E-state index contributed by atoms with van der Waals surface area (Å²) in [7, 11) is 0. The minimum Gasteiger partial charge on any atom is -0.340 e. The number of hydrogen-bond donors (Lipinski definition) is 2. The summed E-state index contributed by atoms with van der Waals surface area (Å²) in [6.07, 6.45) is 23.6. The van der Waals surface area contributed by atoms with E-state index in [9.17, 15) is 4.79 Å². The van der Waals surface area contributed by atoms with Gasteiger partial charge in [0.05, 0.1) is 0 Å². The van der Waals surface area contributed by atoms with Gasteiger partial charge in [-0.25, -0.2) is 0 Å². The summed E-state index contributed by atoms with van der Waals surface area (Å²) in [5.74, 6) is 0.370. The van der Waals surface area contributed by atoms with Gasteiger partial charge in [0, 0.05) is 85.0 Å². The predicted octanol–water partition coefficient (Wildman–Crippen LogP) is 4.44. The molecule has 2 aliphatic rings. The number of piperazine rings is 2. The molecule has 2 saturated heterocycles. The van der Waals surface area contributed by atoms with E-state index >= 15 is 0 Å². The van der Waals surface area contributed by atoms with E-state index in [4.69, 9.17) is 0 Å². The molecule has 208 valence electrons. The van der Waals surface area contributed by atoms with Gasteiger partial charge in [-0.3, -0.25) is 14.6 Å². The standard InChI is InChI=1S/C30H57N5O/c1-2-3-4-5-6-7-8-9-10-11-12-13-14-15-16-17-30(36)35-28-26-34(27-29-35)25-21-32-20-24-33-22-18-31-19-23-33/h6-7,9-10,31-32H,2-5,8,11-29H2,1H3. The van der Waals surface area contributed by atoms with Crippen molar-refractivity contribution in [1.82, 2.24) is 25.3 Å². The topological polar surface area (TPSA) is 50.9 Å². The quantitative estimate of drug-likeness (QED) is 0.190. The Hall–Kier alpha value is -1.21. The van der Waals surface area contributed by atoms with Crippen LogP contribution >= 0.6 is 0 Å². The molecule has 6 heteroatoms. The monoisotopic (exact) mass is 503 g/mol. The van der Waals surface area contributed by atoms with E-state index in [-0.39, 0.29) is 0 Å². The van der Waals surface area contributed by atoms with Crippen LogP contribution in [0.2, 0.25) is 0 Å². The summed E-state index contributed by atoms with van der Waals surface area (Å²) in [5.41, 5.74) is 0. The van der Waals surface area contributed by atoms with Gasteiger partial charge in [-0.1, -0.05) is 63.3 Å². The lowest BCUT2D eigenvalue weighted by atomic mass is 10.1. The SMILES string of the molecule is CCCCCC=CCC=CCCCCCCCC(=O)N1CCN(CCNCCN2CCNCC2)CC1. The second kappa shape index (κ2) is 21.8. The van der Waals surface area contributed by atoms with Crippen LogP contribution in [0.4, 0.5) is 0 Å². The van der Waals surface area contributed by atoms with Crippen LogP contribution in [-0.4, -0.2) is 99.1 Å². The second-order valence-electron chi connectivity index (χ2n) is 10.5. The Morgan fingerprint density at radius 2 is 1.31 bits per heavy atom. The lowest BCUT2D eigenvalue weighted by Gasteiger charge is -2.35. The Bertz CT molecular complexity index is 580. The van der Waals surface area contributed by atoms with Gasteiger partial charge in [0.1, 0.15) is 0 Å². The molecule has 0 aromatic heterocycles. The normalized spacial score (nSPS) is 18.1. The average Bonchev–Trinajstić information content (AvgIpc) is 2.91. The molecule has 6 nitrogen and oxygen atoms in total. The molecule has 1 amide bonds. The second-order valence-corrected chi connectivity index (χ2v) is 10.5. The molecule has 2 fully saturated rings. The van der Waals surface area contributed by atoms with E-state index in [1.165, 1.54) is 70.9 Å². The fraction of sp³-hybridized carbons (Fsp3) is 0.833. The van der Waals surface area contributed by atoms with Crippen molar-refractivity contribution in [2.75, 3.05) is 78.5 Å². The molecule has 0 aromatic carbocycles. The lowest BCUT2D eigenvalue weighted by molar-refractivity contribution is -0.133. The van der Waals surface area contributed by atoms with Crippen LogP contribution in [0.3, 0.4) is 0 Å². The summed E-state index contributed by atoms with van der Waals surface area (Å²) in [5, 5.41) is 7.00. The van der Waals surface area contributed by atoms with Gasteiger partial charge in [0.2, 0.25) is 5.91 Å². The van der Waals surface area contributed by atoms with Crippen LogP contribution in [0.15, 0.2) is 24.3 Å². The minimum atomic E-state index is 0.370. The van der Waals surface area contributed by atoms with Crippen LogP contribution in [0, 0.1) is 0 Å². The molecule has 0 spiro atoms. The first-order valence-corrected chi connectivity index (χ1v) is 15.2. The molecule has 36 heavy (non-hydrogen) atoms. The number of hydrogen-bond acceptors (Lipinski definition) is 5. The fourth-order valence-corrected chi connectivity index (χ4v) is 5.00.